The number of anilines is 1. The molecular formula is C15H17N3O4S. The number of benzene rings is 1. The van der Waals surface area contributed by atoms with E-state index in [0.29, 0.717) is 5.76 Å². The van der Waals surface area contributed by atoms with Crippen LogP contribution in [0, 0.1) is 6.92 Å². The van der Waals surface area contributed by atoms with Gasteiger partial charge in [0.05, 0.1) is 6.54 Å². The maximum Gasteiger partial charge on any atom is 0.240 e. The number of hydrogen-bond acceptors (Lipinski definition) is 5. The number of aromatic nitrogens is 1. The molecular weight excluding hydrogens is 318 g/mol. The second-order valence-corrected chi connectivity index (χ2v) is 6.81. The van der Waals surface area contributed by atoms with Crippen LogP contribution in [-0.2, 0) is 14.8 Å². The Bertz CT molecular complexity index is 797. The summed E-state index contributed by atoms with van der Waals surface area (Å²) in [6.07, 6.45) is 1.48. The lowest BCUT2D eigenvalue weighted by atomic mass is 10.2. The molecule has 0 bridgehead atoms. The summed E-state index contributed by atoms with van der Waals surface area (Å²) in [5, 5.41) is 7.14. The van der Waals surface area contributed by atoms with Gasteiger partial charge in [-0.15, -0.1) is 0 Å². The van der Waals surface area contributed by atoms with E-state index >= 15 is 0 Å². The van der Waals surface area contributed by atoms with E-state index in [9.17, 15) is 13.2 Å². The molecule has 1 aromatic carbocycles. The number of nitrogens with one attached hydrogen (secondary N) is 1. The number of nitrogens with zero attached hydrogens (tertiary/aromatic N) is 2. The van der Waals surface area contributed by atoms with Crippen LogP contribution in [0.3, 0.4) is 0 Å². The molecule has 0 unspecified atom stereocenters. The van der Waals surface area contributed by atoms with E-state index in [1.807, 2.05) is 18.2 Å². The summed E-state index contributed by atoms with van der Waals surface area (Å²) in [6, 6.07) is 10.6. The average Bonchev–Trinajstić information content (AvgIpc) is 2.91. The van der Waals surface area contributed by atoms with Crippen molar-refractivity contribution >= 4 is 27.8 Å². The minimum Gasteiger partial charge on any atom is -0.360 e. The normalized spacial score (nSPS) is 12.0. The van der Waals surface area contributed by atoms with Crippen molar-refractivity contribution < 1.29 is 17.7 Å². The van der Waals surface area contributed by atoms with Crippen molar-refractivity contribution in [2.24, 2.45) is 0 Å². The summed E-state index contributed by atoms with van der Waals surface area (Å²) < 4.78 is 30.0. The smallest absolute Gasteiger partial charge is 0.240 e. The molecule has 0 radical (unpaired) electrons. The second kappa shape index (κ2) is 7.21. The van der Waals surface area contributed by atoms with Gasteiger partial charge in [-0.25, -0.2) is 8.42 Å². The van der Waals surface area contributed by atoms with Crippen molar-refractivity contribution in [1.29, 1.82) is 0 Å². The Balaban J connectivity index is 1.96. The number of rotatable bonds is 6. The Morgan fingerprint density at radius 1 is 1.35 bits per heavy atom. The first-order valence-corrected chi connectivity index (χ1v) is 8.30. The number of sulfonamides is 1. The van der Waals surface area contributed by atoms with Gasteiger partial charge in [0.2, 0.25) is 15.9 Å². The number of likely N-dealkylation sites (N-methyl/N-ethyl adjacent to an activating group) is 1. The van der Waals surface area contributed by atoms with Crippen LogP contribution < -0.4 is 5.32 Å². The van der Waals surface area contributed by atoms with E-state index in [0.717, 1.165) is 15.3 Å². The minimum atomic E-state index is -3.69. The van der Waals surface area contributed by atoms with Gasteiger partial charge in [0.1, 0.15) is 5.76 Å². The van der Waals surface area contributed by atoms with E-state index in [4.69, 9.17) is 4.52 Å². The first-order chi connectivity index (χ1) is 10.9. The highest BCUT2D eigenvalue weighted by Gasteiger charge is 2.18. The Labute approximate surface area is 134 Å². The molecule has 2 aromatic rings. The summed E-state index contributed by atoms with van der Waals surface area (Å²) in [5.74, 6) is 0.294. The van der Waals surface area contributed by atoms with Crippen LogP contribution in [0.1, 0.15) is 11.3 Å². The fourth-order valence-electron chi connectivity index (χ4n) is 1.73. The van der Waals surface area contributed by atoms with E-state index in [2.05, 4.69) is 10.5 Å². The number of carbonyl (C=O) groups excluding carboxylic acids is 1. The summed E-state index contributed by atoms with van der Waals surface area (Å²) in [4.78, 5) is 11.8. The quantitative estimate of drug-likeness (QED) is 0.870. The first-order valence-electron chi connectivity index (χ1n) is 6.79. The van der Waals surface area contributed by atoms with E-state index in [1.165, 1.54) is 13.1 Å². The molecule has 0 aliphatic heterocycles. The third kappa shape index (κ3) is 5.04. The van der Waals surface area contributed by atoms with Gasteiger partial charge in [-0.3, -0.25) is 4.79 Å². The molecule has 8 heteroatoms. The lowest BCUT2D eigenvalue weighted by molar-refractivity contribution is -0.116. The SMILES string of the molecule is Cc1cc(NC(=O)CN(C)S(=O)(=O)/C=C/c2ccccc2)no1. The standard InChI is InChI=1S/C15H17N3O4S/c1-12-10-14(17-22-12)16-15(19)11-18(2)23(20,21)9-8-13-6-4-3-5-7-13/h3-10H,11H2,1-2H3,(H,16,17,19)/b9-8+. The molecule has 1 heterocycles. The van der Waals surface area contributed by atoms with Crippen LogP contribution in [-0.4, -0.2) is 37.4 Å². The molecule has 0 fully saturated rings. The number of aryl methyl sites for hydroxylation is 1. The minimum absolute atomic E-state index is 0.248. The van der Waals surface area contributed by atoms with Crippen LogP contribution in [0.15, 0.2) is 46.3 Å². The Kier molecular flexibility index (Phi) is 5.30. The lowest BCUT2D eigenvalue weighted by Gasteiger charge is -2.13. The van der Waals surface area contributed by atoms with E-state index in [1.54, 1.807) is 25.1 Å². The summed E-state index contributed by atoms with van der Waals surface area (Å²) in [6.45, 7) is 1.36. The van der Waals surface area contributed by atoms with E-state index < -0.39 is 15.9 Å². The number of amides is 1. The van der Waals surface area contributed by atoms with Crippen LogP contribution in [0.25, 0.3) is 6.08 Å². The highest BCUT2D eigenvalue weighted by molar-refractivity contribution is 7.92. The van der Waals surface area contributed by atoms with Crippen LogP contribution in [0.4, 0.5) is 5.82 Å². The molecule has 122 valence electrons. The molecule has 0 aliphatic carbocycles. The van der Waals surface area contributed by atoms with Crippen LogP contribution >= 0.6 is 0 Å². The van der Waals surface area contributed by atoms with Gasteiger partial charge in [0.15, 0.2) is 5.82 Å². The predicted octanol–water partition coefficient (Wildman–Crippen LogP) is 1.85. The molecule has 1 amide bonds. The Morgan fingerprint density at radius 2 is 2.04 bits per heavy atom. The van der Waals surface area contributed by atoms with Gasteiger partial charge >= 0.3 is 0 Å². The Hall–Kier alpha value is -2.45. The molecule has 7 nitrogen and oxygen atoms in total. The third-order valence-corrected chi connectivity index (χ3v) is 4.41. The van der Waals surface area contributed by atoms with Crippen molar-refractivity contribution in [3.63, 3.8) is 0 Å². The Morgan fingerprint density at radius 3 is 2.65 bits per heavy atom. The number of hydrogen-bond donors (Lipinski definition) is 1. The van der Waals surface area contributed by atoms with Crippen molar-refractivity contribution in [2.75, 3.05) is 18.9 Å². The molecule has 0 atom stereocenters. The molecule has 1 aromatic heterocycles. The lowest BCUT2D eigenvalue weighted by Crippen LogP contribution is -2.33. The van der Waals surface area contributed by atoms with Gasteiger partial charge < -0.3 is 9.84 Å². The van der Waals surface area contributed by atoms with Gasteiger partial charge in [0.25, 0.3) is 0 Å². The largest absolute Gasteiger partial charge is 0.360 e. The fraction of sp³-hybridized carbons (Fsp3) is 0.200. The topological polar surface area (TPSA) is 92.5 Å². The molecule has 0 aliphatic rings. The predicted molar refractivity (Wildman–Crippen MR) is 86.9 cm³/mol. The van der Waals surface area contributed by atoms with E-state index in [-0.39, 0.29) is 12.4 Å². The van der Waals surface area contributed by atoms with Gasteiger partial charge in [-0.1, -0.05) is 35.5 Å². The highest BCUT2D eigenvalue weighted by atomic mass is 32.2. The fourth-order valence-corrected chi connectivity index (χ4v) is 2.57. The average molecular weight is 335 g/mol. The third-order valence-electron chi connectivity index (χ3n) is 2.93. The number of carbonyl (C=O) groups is 1. The first kappa shape index (κ1) is 16.9. The van der Waals surface area contributed by atoms with Gasteiger partial charge in [-0.05, 0) is 18.6 Å². The maximum atomic E-state index is 12.1. The van der Waals surface area contributed by atoms with Crippen molar-refractivity contribution in [2.45, 2.75) is 6.92 Å². The molecule has 0 saturated carbocycles. The van der Waals surface area contributed by atoms with Crippen molar-refractivity contribution in [3.8, 4) is 0 Å². The molecule has 1 N–H and O–H groups in total. The van der Waals surface area contributed by atoms with Gasteiger partial charge in [-0.2, -0.15) is 4.31 Å². The monoisotopic (exact) mass is 335 g/mol. The molecule has 0 saturated heterocycles. The van der Waals surface area contributed by atoms with Crippen LogP contribution in [0.2, 0.25) is 0 Å². The second-order valence-electron chi connectivity index (χ2n) is 4.89. The summed E-state index contributed by atoms with van der Waals surface area (Å²) in [5.41, 5.74) is 0.756. The highest BCUT2D eigenvalue weighted by Crippen LogP contribution is 2.09. The van der Waals surface area contributed by atoms with Crippen LogP contribution in [0.5, 0.6) is 0 Å². The summed E-state index contributed by atoms with van der Waals surface area (Å²) in [7, 11) is -2.36. The zero-order chi connectivity index (χ0) is 16.9. The zero-order valence-corrected chi connectivity index (χ0v) is 13.6. The zero-order valence-electron chi connectivity index (χ0n) is 12.8. The maximum absolute atomic E-state index is 12.1. The molecule has 2 rings (SSSR count). The summed E-state index contributed by atoms with van der Waals surface area (Å²) >= 11 is 0. The van der Waals surface area contributed by atoms with Gasteiger partial charge in [0, 0.05) is 18.5 Å². The van der Waals surface area contributed by atoms with Crippen molar-refractivity contribution in [1.82, 2.24) is 9.46 Å². The van der Waals surface area contributed by atoms with Crippen molar-refractivity contribution in [3.05, 3.63) is 53.1 Å². The molecule has 0 spiro atoms. The molecule has 23 heavy (non-hydrogen) atoms.